The first-order valence-corrected chi connectivity index (χ1v) is 25.8. The number of nitrogens with one attached hydrogen (secondary N) is 3. The Balaban J connectivity index is 1.75. The zero-order valence-electron chi connectivity index (χ0n) is 30.4. The molecule has 0 aliphatic carbocycles. The van der Waals surface area contributed by atoms with Gasteiger partial charge in [-0.05, 0) is 113 Å². The van der Waals surface area contributed by atoms with E-state index in [1.165, 1.54) is 0 Å². The summed E-state index contributed by atoms with van der Waals surface area (Å²) in [4.78, 5) is 38.5. The first-order valence-electron chi connectivity index (χ1n) is 17.2. The van der Waals surface area contributed by atoms with E-state index in [2.05, 4.69) is 70.2 Å². The van der Waals surface area contributed by atoms with Gasteiger partial charge in [0.05, 0.1) is 24.3 Å². The number of carbonyl (C=O) groups excluding carboxylic acids is 2. The molecule has 0 saturated heterocycles. The van der Waals surface area contributed by atoms with Crippen LogP contribution < -0.4 is 16.0 Å². The molecular formula is C34H54N6O6Si3. The number of carbonyl (C=O) groups is 2. The maximum absolute atomic E-state index is 12.3. The number of unbranched alkanes of at least 4 members (excludes halogenated alkanes) is 2. The Morgan fingerprint density at radius 2 is 1.04 bits per heavy atom. The lowest BCUT2D eigenvalue weighted by molar-refractivity contribution is 0.0490. The van der Waals surface area contributed by atoms with Crippen LogP contribution in [-0.2, 0) is 17.7 Å². The summed E-state index contributed by atoms with van der Waals surface area (Å²) in [6.45, 7) is 18.7. The van der Waals surface area contributed by atoms with Gasteiger partial charge in [-0.3, -0.25) is 0 Å². The van der Waals surface area contributed by atoms with E-state index in [-0.39, 0.29) is 11.9 Å². The number of nitrogens with zero attached hydrogens (tertiary/aromatic N) is 3. The van der Waals surface area contributed by atoms with E-state index in [0.717, 1.165) is 38.1 Å². The number of hydrogen-bond acceptors (Lipinski definition) is 12. The second kappa shape index (κ2) is 19.5. The molecule has 3 aromatic rings. The van der Waals surface area contributed by atoms with Crippen LogP contribution in [0.2, 0.25) is 45.3 Å². The highest BCUT2D eigenvalue weighted by molar-refractivity contribution is 6.81. The standard InChI is InChI=1S/C34H54N6O6Si3/c1-9-11-23-43-30(41)26-14-18-28(19-15-26)36-33-38-32(35-22-13-25-47(45-48(3,4)5)46-49(6,7)8)39-34(40-33)37-29-20-16-27(17-21-29)31(42)44-24-12-10-2/h14-21,47H,9-13,22-25H2,1-8H3,(H3,35,36,37,38,39,40). The van der Waals surface area contributed by atoms with Gasteiger partial charge in [-0.25, -0.2) is 9.59 Å². The van der Waals surface area contributed by atoms with E-state index in [1.54, 1.807) is 48.5 Å². The van der Waals surface area contributed by atoms with Crippen LogP contribution >= 0.6 is 0 Å². The first-order chi connectivity index (χ1) is 23.2. The van der Waals surface area contributed by atoms with Crippen molar-refractivity contribution in [2.24, 2.45) is 0 Å². The van der Waals surface area contributed by atoms with Crippen LogP contribution in [0.5, 0.6) is 0 Å². The third-order valence-electron chi connectivity index (χ3n) is 6.72. The summed E-state index contributed by atoms with van der Waals surface area (Å²) < 4.78 is 23.6. The van der Waals surface area contributed by atoms with Crippen molar-refractivity contribution in [2.75, 3.05) is 35.7 Å². The zero-order valence-corrected chi connectivity index (χ0v) is 33.5. The van der Waals surface area contributed by atoms with Crippen molar-refractivity contribution in [1.82, 2.24) is 15.0 Å². The summed E-state index contributed by atoms with van der Waals surface area (Å²) in [5.74, 6) is 0.308. The number of ether oxygens (including phenoxy) is 2. The largest absolute Gasteiger partial charge is 0.462 e. The van der Waals surface area contributed by atoms with Gasteiger partial charge in [0, 0.05) is 17.9 Å². The molecule has 1 aromatic heterocycles. The molecule has 268 valence electrons. The summed E-state index contributed by atoms with van der Waals surface area (Å²) in [7, 11) is -5.29. The van der Waals surface area contributed by atoms with Crippen LogP contribution in [0.4, 0.5) is 29.2 Å². The van der Waals surface area contributed by atoms with E-state index in [4.69, 9.17) is 17.7 Å². The highest BCUT2D eigenvalue weighted by atomic mass is 28.4. The first kappa shape index (κ1) is 39.8. The predicted molar refractivity (Wildman–Crippen MR) is 204 cm³/mol. The summed E-state index contributed by atoms with van der Waals surface area (Å²) >= 11 is 0. The molecule has 0 atom stereocenters. The van der Waals surface area contributed by atoms with Crippen LogP contribution in [0.3, 0.4) is 0 Å². The fraction of sp³-hybridized carbons (Fsp3) is 0.500. The summed E-state index contributed by atoms with van der Waals surface area (Å²) in [5, 5.41) is 9.78. The van der Waals surface area contributed by atoms with Gasteiger partial charge < -0.3 is 33.7 Å². The second-order valence-electron chi connectivity index (χ2n) is 13.6. The van der Waals surface area contributed by atoms with Gasteiger partial charge in [0.25, 0.3) is 0 Å². The molecule has 1 heterocycles. The lowest BCUT2D eigenvalue weighted by Gasteiger charge is -2.30. The van der Waals surface area contributed by atoms with E-state index in [0.29, 0.717) is 60.1 Å². The number of anilines is 5. The molecule has 0 bridgehead atoms. The van der Waals surface area contributed by atoms with Gasteiger partial charge in [-0.2, -0.15) is 15.0 Å². The fourth-order valence-corrected chi connectivity index (χ4v) is 12.8. The molecule has 12 nitrogen and oxygen atoms in total. The van der Waals surface area contributed by atoms with Gasteiger partial charge in [-0.1, -0.05) is 26.7 Å². The molecule has 0 spiro atoms. The molecule has 0 aliphatic rings. The fourth-order valence-electron chi connectivity index (χ4n) is 4.39. The van der Waals surface area contributed by atoms with Crippen LogP contribution in [-0.4, -0.2) is 72.6 Å². The molecular weight excluding hydrogens is 673 g/mol. The summed E-state index contributed by atoms with van der Waals surface area (Å²) in [6, 6.07) is 14.8. The van der Waals surface area contributed by atoms with Crippen LogP contribution in [0, 0.1) is 0 Å². The van der Waals surface area contributed by atoms with E-state index in [1.807, 2.05) is 13.8 Å². The van der Waals surface area contributed by atoms with Crippen molar-refractivity contribution in [1.29, 1.82) is 0 Å². The van der Waals surface area contributed by atoms with Gasteiger partial charge >= 0.3 is 21.2 Å². The minimum atomic E-state index is -1.82. The molecule has 0 unspecified atom stereocenters. The lowest BCUT2D eigenvalue weighted by atomic mass is 10.2. The van der Waals surface area contributed by atoms with Crippen molar-refractivity contribution in [3.8, 4) is 0 Å². The maximum atomic E-state index is 12.3. The molecule has 0 fully saturated rings. The highest BCUT2D eigenvalue weighted by Crippen LogP contribution is 2.21. The molecule has 0 amide bonds. The van der Waals surface area contributed by atoms with Gasteiger partial charge in [-0.15, -0.1) is 0 Å². The molecule has 15 heteroatoms. The van der Waals surface area contributed by atoms with Gasteiger partial charge in [0.2, 0.25) is 17.8 Å². The predicted octanol–water partition coefficient (Wildman–Crippen LogP) is 8.00. The van der Waals surface area contributed by atoms with Crippen molar-refractivity contribution >= 4 is 67.1 Å². The normalized spacial score (nSPS) is 11.7. The van der Waals surface area contributed by atoms with Gasteiger partial charge in [0.15, 0.2) is 16.6 Å². The Kier molecular flexibility index (Phi) is 15.9. The minimum absolute atomic E-state index is 0.311. The number of rotatable bonds is 21. The second-order valence-corrected chi connectivity index (χ2v) is 25.4. The summed E-state index contributed by atoms with van der Waals surface area (Å²) in [6.07, 6.45) is 4.41. The number of esters is 2. The Morgan fingerprint density at radius 1 is 0.633 bits per heavy atom. The maximum Gasteiger partial charge on any atom is 0.338 e. The van der Waals surface area contributed by atoms with Crippen LogP contribution in [0.15, 0.2) is 48.5 Å². The van der Waals surface area contributed by atoms with Crippen molar-refractivity contribution in [3.05, 3.63) is 59.7 Å². The van der Waals surface area contributed by atoms with Crippen molar-refractivity contribution in [2.45, 2.75) is 91.3 Å². The van der Waals surface area contributed by atoms with Crippen LogP contribution in [0.1, 0.15) is 66.7 Å². The Hall–Kier alpha value is -3.64. The average molecular weight is 727 g/mol. The average Bonchev–Trinajstić information content (AvgIpc) is 3.02. The number of benzene rings is 2. The molecule has 0 radical (unpaired) electrons. The Bertz CT molecular complexity index is 1370. The smallest absolute Gasteiger partial charge is 0.338 e. The molecule has 0 aliphatic heterocycles. The topological polar surface area (TPSA) is 146 Å². The summed E-state index contributed by atoms with van der Waals surface area (Å²) in [5.41, 5.74) is 2.33. The molecule has 3 rings (SSSR count). The Morgan fingerprint density at radius 3 is 1.43 bits per heavy atom. The molecule has 3 N–H and O–H groups in total. The number of aromatic nitrogens is 3. The third kappa shape index (κ3) is 15.6. The molecule has 2 aromatic carbocycles. The highest BCUT2D eigenvalue weighted by Gasteiger charge is 2.28. The van der Waals surface area contributed by atoms with Crippen molar-refractivity contribution in [3.63, 3.8) is 0 Å². The monoisotopic (exact) mass is 726 g/mol. The quantitative estimate of drug-likeness (QED) is 0.0555. The van der Waals surface area contributed by atoms with E-state index >= 15 is 0 Å². The molecule has 0 saturated carbocycles. The van der Waals surface area contributed by atoms with E-state index in [9.17, 15) is 9.59 Å². The SMILES string of the molecule is CCCCOC(=O)c1ccc(Nc2nc(NCCC[SiH](O[Si](C)(C)C)O[Si](C)(C)C)nc(Nc3ccc(C(=O)OCCCC)cc3)n2)cc1. The number of hydrogen-bond donors (Lipinski definition) is 3. The van der Waals surface area contributed by atoms with Gasteiger partial charge in [0.1, 0.15) is 0 Å². The zero-order chi connectivity index (χ0) is 35.9. The van der Waals surface area contributed by atoms with E-state index < -0.39 is 25.9 Å². The third-order valence-corrected chi connectivity index (χ3v) is 15.4. The minimum Gasteiger partial charge on any atom is -0.462 e. The molecule has 49 heavy (non-hydrogen) atoms. The van der Waals surface area contributed by atoms with Crippen molar-refractivity contribution < 1.29 is 27.3 Å². The Labute approximate surface area is 295 Å². The van der Waals surface area contributed by atoms with Crippen LogP contribution in [0.25, 0.3) is 0 Å². The lowest BCUT2D eigenvalue weighted by Crippen LogP contribution is -2.43.